The average Bonchev–Trinajstić information content (AvgIpc) is 3.07. The van der Waals surface area contributed by atoms with Crippen molar-refractivity contribution in [3.05, 3.63) is 99.6 Å². The number of hydrogen-bond acceptors (Lipinski definition) is 5. The lowest BCUT2D eigenvalue weighted by atomic mass is 10.0. The molecule has 1 aromatic heterocycles. The summed E-state index contributed by atoms with van der Waals surface area (Å²) in [7, 11) is 0. The van der Waals surface area contributed by atoms with Gasteiger partial charge in [0.25, 0.3) is 5.69 Å². The summed E-state index contributed by atoms with van der Waals surface area (Å²) in [5, 5.41) is 22.5. The molecule has 7 nitrogen and oxygen atoms in total. The molecular formula is C23H21ClN4O3. The number of hydrogen-bond donors (Lipinski definition) is 3. The van der Waals surface area contributed by atoms with Crippen molar-refractivity contribution >= 4 is 40.4 Å². The average molecular weight is 437 g/mol. The monoisotopic (exact) mass is 436 g/mol. The summed E-state index contributed by atoms with van der Waals surface area (Å²) in [6.07, 6.45) is 0. The summed E-state index contributed by atoms with van der Waals surface area (Å²) >= 11 is 0. The van der Waals surface area contributed by atoms with Gasteiger partial charge in [-0.15, -0.1) is 12.4 Å². The predicted octanol–water partition coefficient (Wildman–Crippen LogP) is 5.39. The molecule has 1 atom stereocenters. The Bertz CT molecular complexity index is 1250. The van der Waals surface area contributed by atoms with E-state index in [2.05, 4.69) is 4.98 Å². The van der Waals surface area contributed by atoms with Gasteiger partial charge in [-0.2, -0.15) is 0 Å². The van der Waals surface area contributed by atoms with E-state index in [1.54, 1.807) is 6.07 Å². The van der Waals surface area contributed by atoms with Crippen molar-refractivity contribution in [1.82, 2.24) is 4.98 Å². The minimum atomic E-state index is -0.459. The van der Waals surface area contributed by atoms with E-state index in [1.807, 2.05) is 61.5 Å². The Morgan fingerprint density at radius 1 is 1.10 bits per heavy atom. The van der Waals surface area contributed by atoms with Gasteiger partial charge in [-0.25, -0.2) is 4.99 Å². The highest BCUT2D eigenvalue weighted by Gasteiger charge is 2.20. The largest absolute Gasteiger partial charge is 0.494 e. The lowest BCUT2D eigenvalue weighted by molar-refractivity contribution is -0.384. The van der Waals surface area contributed by atoms with Gasteiger partial charge in [0, 0.05) is 34.6 Å². The first kappa shape index (κ1) is 22.0. The Morgan fingerprint density at radius 2 is 1.77 bits per heavy atom. The van der Waals surface area contributed by atoms with Gasteiger partial charge in [0.2, 0.25) is 0 Å². The first-order chi connectivity index (χ1) is 14.4. The predicted molar refractivity (Wildman–Crippen MR) is 125 cm³/mol. The van der Waals surface area contributed by atoms with Crippen LogP contribution in [0.4, 0.5) is 11.4 Å². The summed E-state index contributed by atoms with van der Waals surface area (Å²) in [6.45, 7) is 1.91. The second kappa shape index (κ2) is 8.99. The number of aliphatic imine (C=N–C) groups is 1. The van der Waals surface area contributed by atoms with E-state index in [1.165, 1.54) is 12.1 Å². The highest BCUT2D eigenvalue weighted by molar-refractivity contribution is 6.22. The third-order valence-electron chi connectivity index (χ3n) is 4.92. The number of aromatic nitrogens is 1. The second-order valence-corrected chi connectivity index (χ2v) is 7.04. The molecule has 4 rings (SSSR count). The number of fused-ring (bicyclic) bond motifs is 1. The molecule has 158 valence electrons. The zero-order chi connectivity index (χ0) is 21.3. The molecule has 0 fully saturated rings. The maximum atomic E-state index is 11.3. The highest BCUT2D eigenvalue weighted by Crippen LogP contribution is 2.33. The maximum Gasteiger partial charge on any atom is 0.270 e. The van der Waals surface area contributed by atoms with Gasteiger partial charge in [-0.05, 0) is 30.7 Å². The Labute approximate surface area is 184 Å². The smallest absolute Gasteiger partial charge is 0.270 e. The molecule has 0 amide bonds. The molecule has 0 saturated carbocycles. The van der Waals surface area contributed by atoms with Gasteiger partial charge in [-0.1, -0.05) is 42.5 Å². The van der Waals surface area contributed by atoms with Crippen molar-refractivity contribution in [2.75, 3.05) is 0 Å². The molecule has 3 aromatic carbocycles. The Morgan fingerprint density at radius 3 is 2.39 bits per heavy atom. The molecule has 0 saturated heterocycles. The first-order valence-electron chi connectivity index (χ1n) is 9.43. The normalized spacial score (nSPS) is 12.4. The van der Waals surface area contributed by atoms with Gasteiger partial charge in [-0.3, -0.25) is 10.1 Å². The van der Waals surface area contributed by atoms with Gasteiger partial charge >= 0.3 is 0 Å². The van der Waals surface area contributed by atoms with Crippen LogP contribution >= 0.6 is 12.4 Å². The molecule has 1 heterocycles. The van der Waals surface area contributed by atoms with Crippen LogP contribution in [0.25, 0.3) is 10.9 Å². The van der Waals surface area contributed by atoms with E-state index in [4.69, 9.17) is 10.7 Å². The number of aromatic hydroxyl groups is 1. The lowest BCUT2D eigenvalue weighted by Gasteiger charge is -2.09. The van der Waals surface area contributed by atoms with E-state index < -0.39 is 4.92 Å². The molecular weight excluding hydrogens is 416 g/mol. The van der Waals surface area contributed by atoms with Crippen LogP contribution in [0.3, 0.4) is 0 Å². The van der Waals surface area contributed by atoms with Crippen molar-refractivity contribution in [3.8, 4) is 5.88 Å². The second-order valence-electron chi connectivity index (χ2n) is 7.04. The van der Waals surface area contributed by atoms with Crippen molar-refractivity contribution in [2.24, 2.45) is 10.7 Å². The number of benzene rings is 3. The van der Waals surface area contributed by atoms with E-state index in [9.17, 15) is 15.2 Å². The number of nitro benzene ring substituents is 1. The fourth-order valence-electron chi connectivity index (χ4n) is 3.36. The highest BCUT2D eigenvalue weighted by atomic mass is 35.5. The molecule has 0 aliphatic rings. The van der Waals surface area contributed by atoms with Gasteiger partial charge in [0.1, 0.15) is 0 Å². The molecule has 0 unspecified atom stereocenters. The minimum absolute atomic E-state index is 0. The van der Waals surface area contributed by atoms with Crippen LogP contribution in [-0.4, -0.2) is 20.7 Å². The van der Waals surface area contributed by atoms with Crippen LogP contribution in [0.15, 0.2) is 77.8 Å². The molecule has 0 bridgehead atoms. The number of nitrogens with two attached hydrogens (primary N) is 1. The minimum Gasteiger partial charge on any atom is -0.494 e. The van der Waals surface area contributed by atoms with E-state index in [-0.39, 0.29) is 30.0 Å². The maximum absolute atomic E-state index is 11.3. The van der Waals surface area contributed by atoms with Crippen molar-refractivity contribution in [1.29, 1.82) is 0 Å². The van der Waals surface area contributed by atoms with Crippen molar-refractivity contribution in [2.45, 2.75) is 13.0 Å². The molecule has 8 heteroatoms. The fourth-order valence-corrected chi connectivity index (χ4v) is 3.36. The lowest BCUT2D eigenvalue weighted by Crippen LogP contribution is -2.04. The summed E-state index contributed by atoms with van der Waals surface area (Å²) in [5.41, 5.74) is 9.81. The summed E-state index contributed by atoms with van der Waals surface area (Å²) in [5.74, 6) is -0.0969. The van der Waals surface area contributed by atoms with E-state index in [0.717, 1.165) is 11.1 Å². The molecule has 0 radical (unpaired) electrons. The Kier molecular flexibility index (Phi) is 6.39. The quantitative estimate of drug-likeness (QED) is 0.221. The van der Waals surface area contributed by atoms with Crippen LogP contribution in [0, 0.1) is 10.1 Å². The van der Waals surface area contributed by atoms with E-state index in [0.29, 0.717) is 27.9 Å². The number of halogens is 1. The third kappa shape index (κ3) is 4.42. The zero-order valence-corrected chi connectivity index (χ0v) is 17.5. The number of nitro groups is 1. The van der Waals surface area contributed by atoms with Crippen LogP contribution in [0.1, 0.15) is 29.7 Å². The summed E-state index contributed by atoms with van der Waals surface area (Å²) in [4.78, 5) is 18.5. The standard InChI is InChI=1S/C23H20N4O3.ClH/c1-14(24)15-7-9-17(10-8-15)25-22(16-5-3-2-4-6-16)21-19-13-18(27(29)30)11-12-20(19)26-23(21)28;/h2-14,26,28H,24H2,1H3;1H/t14-;/m0./s1. The van der Waals surface area contributed by atoms with Crippen LogP contribution in [0.5, 0.6) is 5.88 Å². The van der Waals surface area contributed by atoms with Gasteiger partial charge < -0.3 is 15.8 Å². The number of aromatic amines is 1. The van der Waals surface area contributed by atoms with Crippen LogP contribution < -0.4 is 5.73 Å². The number of nitrogens with one attached hydrogen (secondary N) is 1. The van der Waals surface area contributed by atoms with E-state index >= 15 is 0 Å². The molecule has 0 aliphatic heterocycles. The van der Waals surface area contributed by atoms with Gasteiger partial charge in [0.15, 0.2) is 5.88 Å². The number of H-pyrrole nitrogens is 1. The molecule has 0 aliphatic carbocycles. The van der Waals surface area contributed by atoms with Gasteiger partial charge in [0.05, 0.1) is 21.9 Å². The number of rotatable bonds is 5. The Hall–Kier alpha value is -3.68. The third-order valence-corrected chi connectivity index (χ3v) is 4.92. The SMILES string of the molecule is C[C@H](N)c1ccc(N=C(c2ccccc2)c2c(O)[nH]c3ccc([N+](=O)[O-])cc23)cc1.Cl. The fraction of sp³-hybridized carbons (Fsp3) is 0.0870. The summed E-state index contributed by atoms with van der Waals surface area (Å²) < 4.78 is 0. The summed E-state index contributed by atoms with van der Waals surface area (Å²) in [6, 6.07) is 21.3. The molecule has 4 aromatic rings. The topological polar surface area (TPSA) is 118 Å². The first-order valence-corrected chi connectivity index (χ1v) is 9.43. The van der Waals surface area contributed by atoms with Crippen molar-refractivity contribution < 1.29 is 10.0 Å². The number of nitrogens with zero attached hydrogens (tertiary/aromatic N) is 2. The Balaban J connectivity index is 0.00000272. The van der Waals surface area contributed by atoms with Crippen LogP contribution in [0.2, 0.25) is 0 Å². The molecule has 31 heavy (non-hydrogen) atoms. The number of non-ortho nitro benzene ring substituents is 1. The van der Waals surface area contributed by atoms with Crippen LogP contribution in [-0.2, 0) is 0 Å². The molecule has 0 spiro atoms. The zero-order valence-electron chi connectivity index (χ0n) is 16.6. The molecule has 4 N–H and O–H groups in total. The van der Waals surface area contributed by atoms with Crippen molar-refractivity contribution in [3.63, 3.8) is 0 Å².